The molecule has 152 valence electrons. The number of hydrogen-bond donors (Lipinski definition) is 0. The van der Waals surface area contributed by atoms with Gasteiger partial charge in [-0.3, -0.25) is 4.90 Å². The minimum absolute atomic E-state index is 0.466. The van der Waals surface area contributed by atoms with Gasteiger partial charge in [0.15, 0.2) is 5.82 Å². The number of aromatic nitrogens is 5. The van der Waals surface area contributed by atoms with Gasteiger partial charge in [0.05, 0.1) is 6.54 Å². The third-order valence-electron chi connectivity index (χ3n) is 7.11. The number of nitrogens with zero attached hydrogens (tertiary/aromatic N) is 6. The number of unbranched alkanes of at least 4 members (excludes halogenated alkanes) is 1. The van der Waals surface area contributed by atoms with Gasteiger partial charge in [-0.05, 0) is 57.0 Å². The van der Waals surface area contributed by atoms with Crippen LogP contribution in [0, 0.1) is 5.41 Å². The summed E-state index contributed by atoms with van der Waals surface area (Å²) in [4.78, 5) is 7.04. The fraction of sp³-hybridized carbons (Fsp3) is 0.810. The van der Waals surface area contributed by atoms with Gasteiger partial charge < -0.3 is 9.09 Å². The van der Waals surface area contributed by atoms with Crippen LogP contribution in [0.3, 0.4) is 0 Å². The van der Waals surface area contributed by atoms with E-state index in [0.29, 0.717) is 11.3 Å². The van der Waals surface area contributed by atoms with E-state index in [4.69, 9.17) is 4.52 Å². The molecule has 2 fully saturated rings. The molecule has 2 aliphatic heterocycles. The second-order valence-electron chi connectivity index (χ2n) is 9.04. The predicted molar refractivity (Wildman–Crippen MR) is 105 cm³/mol. The third-order valence-corrected chi connectivity index (χ3v) is 7.11. The first kappa shape index (κ1) is 18.3. The number of fused-ring (bicyclic) bond motifs is 1. The van der Waals surface area contributed by atoms with Crippen molar-refractivity contribution in [2.24, 2.45) is 5.41 Å². The third kappa shape index (κ3) is 3.49. The molecule has 0 aromatic carbocycles. The van der Waals surface area contributed by atoms with Crippen LogP contribution in [0.25, 0.3) is 0 Å². The van der Waals surface area contributed by atoms with E-state index in [1.165, 1.54) is 50.2 Å². The lowest BCUT2D eigenvalue weighted by Gasteiger charge is -2.31. The van der Waals surface area contributed by atoms with Crippen molar-refractivity contribution < 1.29 is 4.52 Å². The minimum Gasteiger partial charge on any atom is -0.338 e. The van der Waals surface area contributed by atoms with Crippen LogP contribution in [0.4, 0.5) is 0 Å². The lowest BCUT2D eigenvalue weighted by atomic mass is 9.90. The van der Waals surface area contributed by atoms with E-state index in [1.807, 2.05) is 0 Å². The molecule has 0 bridgehead atoms. The summed E-state index contributed by atoms with van der Waals surface area (Å²) in [6.07, 6.45) is 12.0. The van der Waals surface area contributed by atoms with Crippen molar-refractivity contribution in [3.8, 4) is 0 Å². The Balaban J connectivity index is 1.17. The molecule has 2 aromatic heterocycles. The van der Waals surface area contributed by atoms with Gasteiger partial charge in [0, 0.05) is 25.3 Å². The first-order chi connectivity index (χ1) is 13.8. The van der Waals surface area contributed by atoms with E-state index in [2.05, 4.69) is 36.7 Å². The number of hydrogen-bond acceptors (Lipinski definition) is 6. The highest BCUT2D eigenvalue weighted by atomic mass is 16.5. The maximum Gasteiger partial charge on any atom is 0.240 e. The summed E-state index contributed by atoms with van der Waals surface area (Å²) in [5.41, 5.74) is 0.466. The molecule has 1 saturated carbocycles. The number of rotatable bonds is 6. The molecule has 1 unspecified atom stereocenters. The molecule has 3 aliphatic rings. The van der Waals surface area contributed by atoms with Crippen molar-refractivity contribution in [2.45, 2.75) is 90.1 Å². The quantitative estimate of drug-likeness (QED) is 0.759. The Bertz CT molecular complexity index is 804. The van der Waals surface area contributed by atoms with E-state index in [1.54, 1.807) is 0 Å². The molecule has 7 nitrogen and oxygen atoms in total. The van der Waals surface area contributed by atoms with Crippen molar-refractivity contribution >= 4 is 0 Å². The first-order valence-corrected chi connectivity index (χ1v) is 11.2. The van der Waals surface area contributed by atoms with Gasteiger partial charge in [0.1, 0.15) is 11.6 Å². The molecule has 1 aliphatic carbocycles. The van der Waals surface area contributed by atoms with Gasteiger partial charge in [-0.15, -0.1) is 10.2 Å². The zero-order valence-electron chi connectivity index (χ0n) is 17.1. The number of likely N-dealkylation sites (tertiary alicyclic amines) is 1. The molecular weight excluding hydrogens is 352 g/mol. The molecule has 2 aromatic rings. The average Bonchev–Trinajstić information content (AvgIpc) is 3.09. The van der Waals surface area contributed by atoms with E-state index >= 15 is 0 Å². The summed E-state index contributed by atoms with van der Waals surface area (Å²) in [5.74, 6) is 4.76. The minimum atomic E-state index is 0.466. The molecular formula is C21H32N6O. The van der Waals surface area contributed by atoms with E-state index < -0.39 is 0 Å². The van der Waals surface area contributed by atoms with Crippen LogP contribution >= 0.6 is 0 Å². The largest absolute Gasteiger partial charge is 0.338 e. The number of aryl methyl sites for hydroxylation is 2. The lowest BCUT2D eigenvalue weighted by Crippen LogP contribution is -2.34. The Hall–Kier alpha value is -1.76. The smallest absolute Gasteiger partial charge is 0.240 e. The van der Waals surface area contributed by atoms with Crippen molar-refractivity contribution in [3.63, 3.8) is 0 Å². The van der Waals surface area contributed by atoms with E-state index in [9.17, 15) is 0 Å². The van der Waals surface area contributed by atoms with Gasteiger partial charge in [0.2, 0.25) is 5.89 Å². The molecule has 4 heterocycles. The Labute approximate surface area is 166 Å². The number of piperidine rings is 1. The SMILES string of the molecule is CCCCc1noc(CN2CCC3(CC2)CC3c2nnc3n2CCCCC3)n1. The molecule has 28 heavy (non-hydrogen) atoms. The summed E-state index contributed by atoms with van der Waals surface area (Å²) >= 11 is 0. The maximum atomic E-state index is 5.46. The fourth-order valence-electron chi connectivity index (χ4n) is 5.17. The maximum absolute atomic E-state index is 5.46. The molecule has 1 saturated heterocycles. The van der Waals surface area contributed by atoms with Crippen molar-refractivity contribution in [1.82, 2.24) is 29.8 Å². The summed E-state index contributed by atoms with van der Waals surface area (Å²) in [5, 5.41) is 13.3. The second-order valence-corrected chi connectivity index (χ2v) is 9.04. The Kier molecular flexibility index (Phi) is 4.95. The standard InChI is InChI=1S/C21H32N6O/c1-2-3-7-17-22-19(28-25-17)15-26-12-9-21(10-13-26)14-16(21)20-24-23-18-8-5-4-6-11-27(18)20/h16H,2-15H2,1H3. The van der Waals surface area contributed by atoms with Crippen LogP contribution in [0.2, 0.25) is 0 Å². The highest BCUT2D eigenvalue weighted by molar-refractivity contribution is 5.21. The molecule has 0 N–H and O–H groups in total. The van der Waals surface area contributed by atoms with Crippen molar-refractivity contribution in [2.75, 3.05) is 13.1 Å². The van der Waals surface area contributed by atoms with Crippen LogP contribution in [0.1, 0.15) is 87.6 Å². The van der Waals surface area contributed by atoms with Crippen molar-refractivity contribution in [3.05, 3.63) is 23.4 Å². The molecule has 0 radical (unpaired) electrons. The second kappa shape index (κ2) is 7.58. The molecule has 1 atom stereocenters. The van der Waals surface area contributed by atoms with Gasteiger partial charge in [-0.25, -0.2) is 0 Å². The van der Waals surface area contributed by atoms with Crippen LogP contribution in [-0.2, 0) is 25.9 Å². The zero-order valence-corrected chi connectivity index (χ0v) is 17.1. The summed E-state index contributed by atoms with van der Waals surface area (Å²) in [6.45, 7) is 6.33. The van der Waals surface area contributed by atoms with Gasteiger partial charge in [-0.2, -0.15) is 4.98 Å². The topological polar surface area (TPSA) is 72.9 Å². The first-order valence-electron chi connectivity index (χ1n) is 11.2. The Morgan fingerprint density at radius 3 is 2.86 bits per heavy atom. The van der Waals surface area contributed by atoms with Gasteiger partial charge in [-0.1, -0.05) is 24.9 Å². The highest BCUT2D eigenvalue weighted by Crippen LogP contribution is 2.64. The van der Waals surface area contributed by atoms with Crippen molar-refractivity contribution in [1.29, 1.82) is 0 Å². The van der Waals surface area contributed by atoms with Gasteiger partial charge in [0.25, 0.3) is 0 Å². The van der Waals surface area contributed by atoms with Crippen LogP contribution in [-0.4, -0.2) is 42.9 Å². The molecule has 7 heteroatoms. The normalized spacial score (nSPS) is 24.2. The monoisotopic (exact) mass is 384 g/mol. The fourth-order valence-corrected chi connectivity index (χ4v) is 5.17. The Morgan fingerprint density at radius 1 is 1.11 bits per heavy atom. The summed E-state index contributed by atoms with van der Waals surface area (Å²) in [7, 11) is 0. The summed E-state index contributed by atoms with van der Waals surface area (Å²) < 4.78 is 7.92. The highest BCUT2D eigenvalue weighted by Gasteiger charge is 2.57. The summed E-state index contributed by atoms with van der Waals surface area (Å²) in [6, 6.07) is 0. The molecule has 0 amide bonds. The molecule has 5 rings (SSSR count). The average molecular weight is 385 g/mol. The van der Waals surface area contributed by atoms with Crippen LogP contribution < -0.4 is 0 Å². The van der Waals surface area contributed by atoms with Crippen LogP contribution in [0.15, 0.2) is 4.52 Å². The predicted octanol–water partition coefficient (Wildman–Crippen LogP) is 3.50. The van der Waals surface area contributed by atoms with E-state index in [0.717, 1.165) is 63.6 Å². The Morgan fingerprint density at radius 2 is 2.00 bits per heavy atom. The molecule has 1 spiro atoms. The lowest BCUT2D eigenvalue weighted by molar-refractivity contribution is 0.145. The zero-order chi connectivity index (χ0) is 19.0. The van der Waals surface area contributed by atoms with Crippen LogP contribution in [0.5, 0.6) is 0 Å². The van der Waals surface area contributed by atoms with E-state index in [-0.39, 0.29) is 0 Å². The van der Waals surface area contributed by atoms with Gasteiger partial charge >= 0.3 is 0 Å².